The van der Waals surface area contributed by atoms with Gasteiger partial charge in [0.05, 0.1) is 9.93 Å². The van der Waals surface area contributed by atoms with Crippen LogP contribution < -0.4 is 14.6 Å². The molecule has 9 heteroatoms. The number of carbonyl (C=O) groups excluding carboxylic acids is 2. The standard InChI is InChI=1S/C15H12ClNO5S2/c16-9-4-8(5-10-13(9)22-7-21-10)6-11-14(20)17(15(23)24-11)3-1-2-12(18)19/h4-6H,1-3,7H2,(H,18,19)/p-1/b11-6+. The van der Waals surface area contributed by atoms with Crippen LogP contribution in [0.3, 0.4) is 0 Å². The van der Waals surface area contributed by atoms with Crippen LogP contribution in [0, 0.1) is 0 Å². The lowest BCUT2D eigenvalue weighted by atomic mass is 10.2. The number of thioether (sulfide) groups is 1. The van der Waals surface area contributed by atoms with E-state index < -0.39 is 5.97 Å². The highest BCUT2D eigenvalue weighted by Gasteiger charge is 2.31. The fourth-order valence-corrected chi connectivity index (χ4v) is 3.88. The topological polar surface area (TPSA) is 78.9 Å². The largest absolute Gasteiger partial charge is 0.550 e. The van der Waals surface area contributed by atoms with Gasteiger partial charge in [-0.15, -0.1) is 0 Å². The molecule has 2 aliphatic rings. The maximum atomic E-state index is 12.4. The average Bonchev–Trinajstić information content (AvgIpc) is 3.07. The molecule has 0 aromatic heterocycles. The summed E-state index contributed by atoms with van der Waals surface area (Å²) in [5.74, 6) is -0.384. The van der Waals surface area contributed by atoms with E-state index in [1.165, 1.54) is 16.7 Å². The second-order valence-corrected chi connectivity index (χ2v) is 7.13. The van der Waals surface area contributed by atoms with Crippen LogP contribution >= 0.6 is 35.6 Å². The summed E-state index contributed by atoms with van der Waals surface area (Å²) in [6.07, 6.45) is 1.84. The molecular weight excluding hydrogens is 374 g/mol. The number of rotatable bonds is 5. The van der Waals surface area contributed by atoms with Gasteiger partial charge in [0.1, 0.15) is 4.32 Å². The lowest BCUT2D eigenvalue weighted by Crippen LogP contribution is -2.30. The number of hydrogen-bond acceptors (Lipinski definition) is 7. The molecule has 1 saturated heterocycles. The van der Waals surface area contributed by atoms with Gasteiger partial charge in [-0.3, -0.25) is 9.69 Å². The van der Waals surface area contributed by atoms with Crippen molar-refractivity contribution < 1.29 is 24.2 Å². The number of aliphatic carboxylic acids is 1. The van der Waals surface area contributed by atoms with Crippen LogP contribution in [0.1, 0.15) is 18.4 Å². The van der Waals surface area contributed by atoms with Crippen LogP contribution in [0.2, 0.25) is 5.02 Å². The van der Waals surface area contributed by atoms with Crippen molar-refractivity contribution in [3.05, 3.63) is 27.6 Å². The minimum Gasteiger partial charge on any atom is -0.550 e. The van der Waals surface area contributed by atoms with Gasteiger partial charge in [-0.05, 0) is 36.6 Å². The number of benzene rings is 1. The average molecular weight is 385 g/mol. The number of halogens is 1. The molecule has 2 heterocycles. The van der Waals surface area contributed by atoms with Crippen molar-refractivity contribution in [2.24, 2.45) is 0 Å². The first-order valence-electron chi connectivity index (χ1n) is 7.00. The SMILES string of the molecule is O=C([O-])CCCN1C(=O)/C(=C\c2cc(Cl)c3c(c2)OCO3)SC1=S. The zero-order valence-corrected chi connectivity index (χ0v) is 14.6. The second kappa shape index (κ2) is 7.00. The van der Waals surface area contributed by atoms with Crippen molar-refractivity contribution >= 4 is 57.9 Å². The van der Waals surface area contributed by atoms with E-state index in [4.69, 9.17) is 33.3 Å². The number of thiocarbonyl (C=S) groups is 1. The Labute approximate surface area is 152 Å². The van der Waals surface area contributed by atoms with E-state index in [-0.39, 0.29) is 32.1 Å². The van der Waals surface area contributed by atoms with Crippen LogP contribution in [0.4, 0.5) is 0 Å². The van der Waals surface area contributed by atoms with Gasteiger partial charge in [0.15, 0.2) is 11.5 Å². The van der Waals surface area contributed by atoms with Crippen molar-refractivity contribution in [2.45, 2.75) is 12.8 Å². The molecule has 0 unspecified atom stereocenters. The molecule has 0 spiro atoms. The molecule has 0 atom stereocenters. The van der Waals surface area contributed by atoms with Crippen molar-refractivity contribution in [2.75, 3.05) is 13.3 Å². The van der Waals surface area contributed by atoms with Crippen molar-refractivity contribution in [1.82, 2.24) is 4.90 Å². The number of carbonyl (C=O) groups is 2. The lowest BCUT2D eigenvalue weighted by molar-refractivity contribution is -0.305. The molecule has 0 aliphatic carbocycles. The Morgan fingerprint density at radius 1 is 1.46 bits per heavy atom. The highest BCUT2D eigenvalue weighted by Crippen LogP contribution is 2.41. The summed E-state index contributed by atoms with van der Waals surface area (Å²) in [5.41, 5.74) is 0.694. The molecule has 1 fully saturated rings. The molecule has 1 amide bonds. The van der Waals surface area contributed by atoms with E-state index in [0.717, 1.165) is 0 Å². The molecule has 2 aliphatic heterocycles. The van der Waals surface area contributed by atoms with E-state index in [1.807, 2.05) is 0 Å². The maximum absolute atomic E-state index is 12.4. The Hall–Kier alpha value is -1.77. The molecule has 0 N–H and O–H groups in total. The van der Waals surface area contributed by atoms with Crippen LogP contribution in [0.15, 0.2) is 17.0 Å². The van der Waals surface area contributed by atoms with E-state index in [2.05, 4.69) is 0 Å². The third-order valence-electron chi connectivity index (χ3n) is 3.38. The van der Waals surface area contributed by atoms with E-state index >= 15 is 0 Å². The first kappa shape index (κ1) is 17.1. The number of carboxylic acid groups (broad SMARTS) is 1. The normalized spacial score (nSPS) is 17.9. The second-order valence-electron chi connectivity index (χ2n) is 5.05. The molecule has 126 valence electrons. The predicted molar refractivity (Wildman–Crippen MR) is 91.7 cm³/mol. The molecule has 1 aromatic rings. The first-order chi connectivity index (χ1) is 11.5. The predicted octanol–water partition coefficient (Wildman–Crippen LogP) is 1.80. The number of ether oxygens (including phenoxy) is 2. The van der Waals surface area contributed by atoms with Gasteiger partial charge >= 0.3 is 0 Å². The summed E-state index contributed by atoms with van der Waals surface area (Å²) >= 11 is 12.5. The summed E-state index contributed by atoms with van der Waals surface area (Å²) in [7, 11) is 0. The van der Waals surface area contributed by atoms with E-state index in [9.17, 15) is 14.7 Å². The molecule has 0 radical (unpaired) electrons. The number of hydrogen-bond donors (Lipinski definition) is 0. The van der Waals surface area contributed by atoms with Crippen LogP contribution in [0.5, 0.6) is 11.5 Å². The summed E-state index contributed by atoms with van der Waals surface area (Å²) in [6, 6.07) is 3.41. The monoisotopic (exact) mass is 384 g/mol. The molecule has 3 rings (SSSR count). The minimum atomic E-state index is -1.15. The van der Waals surface area contributed by atoms with Crippen molar-refractivity contribution in [3.63, 3.8) is 0 Å². The van der Waals surface area contributed by atoms with E-state index in [1.54, 1.807) is 18.2 Å². The minimum absolute atomic E-state index is 0.110. The number of fused-ring (bicyclic) bond motifs is 1. The zero-order valence-electron chi connectivity index (χ0n) is 12.2. The Kier molecular flexibility index (Phi) is 4.98. The van der Waals surface area contributed by atoms with Gasteiger partial charge in [0.25, 0.3) is 5.91 Å². The number of carboxylic acids is 1. The lowest BCUT2D eigenvalue weighted by Gasteiger charge is -2.14. The molecule has 1 aromatic carbocycles. The van der Waals surface area contributed by atoms with Gasteiger partial charge in [0.2, 0.25) is 6.79 Å². The third-order valence-corrected chi connectivity index (χ3v) is 5.04. The number of amides is 1. The first-order valence-corrected chi connectivity index (χ1v) is 8.60. The molecule has 0 bridgehead atoms. The van der Waals surface area contributed by atoms with Gasteiger partial charge < -0.3 is 19.4 Å². The fraction of sp³-hybridized carbons (Fsp3) is 0.267. The van der Waals surface area contributed by atoms with Gasteiger partial charge in [-0.1, -0.05) is 35.6 Å². The Morgan fingerprint density at radius 3 is 3.00 bits per heavy atom. The highest BCUT2D eigenvalue weighted by molar-refractivity contribution is 8.26. The number of nitrogens with zero attached hydrogens (tertiary/aromatic N) is 1. The highest BCUT2D eigenvalue weighted by atomic mass is 35.5. The summed E-state index contributed by atoms with van der Waals surface area (Å²) in [6.45, 7) is 0.358. The van der Waals surface area contributed by atoms with Gasteiger partial charge in [0, 0.05) is 12.5 Å². The summed E-state index contributed by atoms with van der Waals surface area (Å²) in [5, 5.41) is 10.9. The third kappa shape index (κ3) is 3.50. The fourth-order valence-electron chi connectivity index (χ4n) is 2.30. The molecule has 6 nitrogen and oxygen atoms in total. The molecular formula is C15H11ClNO5S2-. The van der Waals surface area contributed by atoms with Crippen LogP contribution in [-0.2, 0) is 9.59 Å². The van der Waals surface area contributed by atoms with Gasteiger partial charge in [-0.25, -0.2) is 0 Å². The molecule has 0 saturated carbocycles. The van der Waals surface area contributed by atoms with Crippen LogP contribution in [-0.4, -0.2) is 34.4 Å². The van der Waals surface area contributed by atoms with E-state index in [0.29, 0.717) is 31.3 Å². The van der Waals surface area contributed by atoms with Crippen molar-refractivity contribution in [3.8, 4) is 11.5 Å². The van der Waals surface area contributed by atoms with Gasteiger partial charge in [-0.2, -0.15) is 0 Å². The summed E-state index contributed by atoms with van der Waals surface area (Å²) in [4.78, 5) is 24.7. The quantitative estimate of drug-likeness (QED) is 0.565. The zero-order chi connectivity index (χ0) is 17.3. The smallest absolute Gasteiger partial charge is 0.266 e. The van der Waals surface area contributed by atoms with Crippen LogP contribution in [0.25, 0.3) is 6.08 Å². The Balaban J connectivity index is 1.77. The summed E-state index contributed by atoms with van der Waals surface area (Å²) < 4.78 is 10.9. The Morgan fingerprint density at radius 2 is 2.25 bits per heavy atom. The van der Waals surface area contributed by atoms with Crippen molar-refractivity contribution in [1.29, 1.82) is 0 Å². The Bertz CT molecular complexity index is 764. The molecule has 24 heavy (non-hydrogen) atoms. The maximum Gasteiger partial charge on any atom is 0.266 e.